The fourth-order valence-corrected chi connectivity index (χ4v) is 5.09. The molecule has 7 nitrogen and oxygen atoms in total. The van der Waals surface area contributed by atoms with Crippen molar-refractivity contribution in [2.75, 3.05) is 0 Å². The number of aromatic nitrogens is 1. The molecular weight excluding hydrogens is 422 g/mol. The lowest BCUT2D eigenvalue weighted by Gasteiger charge is -2.44. The Kier molecular flexibility index (Phi) is 4.88. The van der Waals surface area contributed by atoms with E-state index in [0.717, 1.165) is 19.3 Å². The van der Waals surface area contributed by atoms with Crippen LogP contribution in [0.4, 0.5) is 8.78 Å². The molecule has 2 aromatic rings. The Morgan fingerprint density at radius 1 is 1.22 bits per heavy atom. The SMILES string of the molecule is Cc1cc(F)c(CCC(=O)c2cn3c(c(O)c2=O)C(=O)N2[C@@H]4CC[C@@H](C4)O[C@H]2C3)c(F)c1. The lowest BCUT2D eigenvalue weighted by Crippen LogP contribution is -2.57. The van der Waals surface area contributed by atoms with Crippen LogP contribution in [0.5, 0.6) is 5.75 Å². The molecule has 3 aliphatic rings. The molecule has 1 N–H and O–H groups in total. The smallest absolute Gasteiger partial charge is 0.276 e. The zero-order valence-corrected chi connectivity index (χ0v) is 17.4. The number of ketones is 1. The zero-order valence-electron chi connectivity index (χ0n) is 17.4. The fraction of sp³-hybridized carbons (Fsp3) is 0.435. The van der Waals surface area contributed by atoms with Gasteiger partial charge in [-0.15, -0.1) is 0 Å². The second-order valence-corrected chi connectivity index (χ2v) is 8.74. The minimum atomic E-state index is -0.958. The second kappa shape index (κ2) is 7.51. The molecule has 1 aromatic carbocycles. The lowest BCUT2D eigenvalue weighted by molar-refractivity contribution is -0.132. The molecular formula is C23H22F2N2O5. The Bertz CT molecular complexity index is 1180. The van der Waals surface area contributed by atoms with Crippen LogP contribution in [-0.4, -0.2) is 44.6 Å². The van der Waals surface area contributed by atoms with E-state index in [0.29, 0.717) is 5.56 Å². The quantitative estimate of drug-likeness (QED) is 0.733. The van der Waals surface area contributed by atoms with Crippen molar-refractivity contribution in [3.8, 4) is 5.75 Å². The van der Waals surface area contributed by atoms with Crippen LogP contribution in [0.2, 0.25) is 0 Å². The number of carbonyl (C=O) groups excluding carboxylic acids is 2. The second-order valence-electron chi connectivity index (χ2n) is 8.74. The maximum absolute atomic E-state index is 14.1. The van der Waals surface area contributed by atoms with Gasteiger partial charge in [0.05, 0.1) is 18.2 Å². The Hall–Kier alpha value is -3.07. The van der Waals surface area contributed by atoms with Gasteiger partial charge in [0.15, 0.2) is 23.5 Å². The van der Waals surface area contributed by atoms with Crippen LogP contribution in [0.25, 0.3) is 0 Å². The summed E-state index contributed by atoms with van der Waals surface area (Å²) >= 11 is 0. The number of Topliss-reactive ketones (excluding diaryl/α,β-unsaturated/α-hetero) is 1. The molecule has 2 bridgehead atoms. The molecule has 3 atom stereocenters. The molecule has 1 aliphatic carbocycles. The fourth-order valence-electron chi connectivity index (χ4n) is 5.09. The summed E-state index contributed by atoms with van der Waals surface area (Å²) in [5.74, 6) is -3.46. The molecule has 2 aliphatic heterocycles. The van der Waals surface area contributed by atoms with E-state index in [1.165, 1.54) is 22.9 Å². The molecule has 1 saturated heterocycles. The summed E-state index contributed by atoms with van der Waals surface area (Å²) in [6.45, 7) is 1.74. The van der Waals surface area contributed by atoms with Crippen LogP contribution >= 0.6 is 0 Å². The van der Waals surface area contributed by atoms with Crippen LogP contribution in [-0.2, 0) is 17.7 Å². The Labute approximate surface area is 182 Å². The Morgan fingerprint density at radius 2 is 1.94 bits per heavy atom. The average Bonchev–Trinajstić information content (AvgIpc) is 3.10. The molecule has 168 valence electrons. The summed E-state index contributed by atoms with van der Waals surface area (Å²) in [7, 11) is 0. The molecule has 1 saturated carbocycles. The molecule has 9 heteroatoms. The third-order valence-corrected chi connectivity index (χ3v) is 6.64. The van der Waals surface area contributed by atoms with Crippen molar-refractivity contribution in [3.63, 3.8) is 0 Å². The molecule has 32 heavy (non-hydrogen) atoms. The first-order valence-corrected chi connectivity index (χ1v) is 10.7. The van der Waals surface area contributed by atoms with Gasteiger partial charge in [-0.3, -0.25) is 14.4 Å². The van der Waals surface area contributed by atoms with Gasteiger partial charge in [-0.1, -0.05) is 0 Å². The van der Waals surface area contributed by atoms with E-state index < -0.39 is 40.7 Å². The molecule has 2 fully saturated rings. The molecule has 1 amide bonds. The highest BCUT2D eigenvalue weighted by Crippen LogP contribution is 2.38. The van der Waals surface area contributed by atoms with Crippen LogP contribution in [0, 0.1) is 18.6 Å². The van der Waals surface area contributed by atoms with Crippen molar-refractivity contribution in [2.24, 2.45) is 0 Å². The van der Waals surface area contributed by atoms with Crippen molar-refractivity contribution in [3.05, 3.63) is 62.6 Å². The third-order valence-electron chi connectivity index (χ3n) is 6.64. The van der Waals surface area contributed by atoms with Gasteiger partial charge in [0, 0.05) is 24.2 Å². The van der Waals surface area contributed by atoms with E-state index >= 15 is 0 Å². The minimum absolute atomic E-state index is 0.00936. The summed E-state index contributed by atoms with van der Waals surface area (Å²) in [5.41, 5.74) is -1.25. The monoisotopic (exact) mass is 444 g/mol. The van der Waals surface area contributed by atoms with Crippen molar-refractivity contribution in [2.45, 2.75) is 63.9 Å². The van der Waals surface area contributed by atoms with Gasteiger partial charge in [0.25, 0.3) is 5.91 Å². The van der Waals surface area contributed by atoms with Gasteiger partial charge in [0.1, 0.15) is 11.6 Å². The first-order chi connectivity index (χ1) is 15.2. The normalized spacial score (nSPS) is 23.8. The largest absolute Gasteiger partial charge is 0.503 e. The standard InChI is InChI=1S/C23H22F2N2O5/c1-11-6-16(24)14(17(25)7-11)4-5-18(28)15-9-26-10-19-27(12-2-3-13(8-12)32-19)23(31)20(26)22(30)21(15)29/h6-7,9,12-13,19,30H,2-5,8,10H2,1H3/t12-,13+,19+/m1/s1. The first-order valence-electron chi connectivity index (χ1n) is 10.7. The topological polar surface area (TPSA) is 88.8 Å². The van der Waals surface area contributed by atoms with Crippen molar-refractivity contribution < 1.29 is 28.2 Å². The highest BCUT2D eigenvalue weighted by Gasteiger charge is 2.47. The van der Waals surface area contributed by atoms with Crippen LogP contribution < -0.4 is 5.43 Å². The number of nitrogens with zero attached hydrogens (tertiary/aromatic N) is 2. The number of hydrogen-bond donors (Lipinski definition) is 1. The van der Waals surface area contributed by atoms with Crippen molar-refractivity contribution in [1.29, 1.82) is 0 Å². The lowest BCUT2D eigenvalue weighted by atomic mass is 10.00. The predicted molar refractivity (Wildman–Crippen MR) is 109 cm³/mol. The van der Waals surface area contributed by atoms with Gasteiger partial charge < -0.3 is 19.3 Å². The molecule has 1 aromatic heterocycles. The number of halogens is 2. The van der Waals surface area contributed by atoms with E-state index in [9.17, 15) is 28.3 Å². The number of aromatic hydroxyl groups is 1. The van der Waals surface area contributed by atoms with E-state index in [1.807, 2.05) is 0 Å². The maximum Gasteiger partial charge on any atom is 0.276 e. The van der Waals surface area contributed by atoms with E-state index in [1.54, 1.807) is 11.8 Å². The van der Waals surface area contributed by atoms with E-state index in [2.05, 4.69) is 0 Å². The molecule has 0 unspecified atom stereocenters. The average molecular weight is 444 g/mol. The minimum Gasteiger partial charge on any atom is -0.503 e. The number of fused-ring (bicyclic) bond motifs is 5. The molecule has 0 spiro atoms. The number of ether oxygens (including phenoxy) is 1. The van der Waals surface area contributed by atoms with Crippen LogP contribution in [0.15, 0.2) is 23.1 Å². The highest BCUT2D eigenvalue weighted by molar-refractivity contribution is 6.00. The van der Waals surface area contributed by atoms with Crippen LogP contribution in [0.3, 0.4) is 0 Å². The number of hydrogen-bond acceptors (Lipinski definition) is 5. The first kappa shape index (κ1) is 20.8. The molecule has 0 radical (unpaired) electrons. The zero-order chi connectivity index (χ0) is 22.7. The van der Waals surface area contributed by atoms with Gasteiger partial charge in [-0.2, -0.15) is 0 Å². The molecule has 5 rings (SSSR count). The summed E-state index contributed by atoms with van der Waals surface area (Å²) in [5, 5.41) is 10.5. The number of aryl methyl sites for hydroxylation is 1. The number of rotatable bonds is 4. The van der Waals surface area contributed by atoms with Gasteiger partial charge in [-0.05, 0) is 50.3 Å². The number of benzene rings is 1. The van der Waals surface area contributed by atoms with Crippen molar-refractivity contribution in [1.82, 2.24) is 9.47 Å². The van der Waals surface area contributed by atoms with Crippen molar-refractivity contribution >= 4 is 11.7 Å². The Morgan fingerprint density at radius 3 is 2.66 bits per heavy atom. The number of amides is 1. The van der Waals surface area contributed by atoms with E-state index in [-0.39, 0.29) is 48.4 Å². The van der Waals surface area contributed by atoms with Crippen LogP contribution in [0.1, 0.15) is 57.7 Å². The maximum atomic E-state index is 14.1. The number of pyridine rings is 1. The predicted octanol–water partition coefficient (Wildman–Crippen LogP) is 2.69. The summed E-state index contributed by atoms with van der Waals surface area (Å²) in [6.07, 6.45) is 2.62. The van der Waals surface area contributed by atoms with Gasteiger partial charge >= 0.3 is 0 Å². The van der Waals surface area contributed by atoms with Gasteiger partial charge in [-0.25, -0.2) is 8.78 Å². The highest BCUT2D eigenvalue weighted by atomic mass is 19.1. The third kappa shape index (κ3) is 3.23. The number of carbonyl (C=O) groups is 2. The summed E-state index contributed by atoms with van der Waals surface area (Å²) in [6, 6.07) is 2.36. The summed E-state index contributed by atoms with van der Waals surface area (Å²) < 4.78 is 35.5. The van der Waals surface area contributed by atoms with Gasteiger partial charge in [0.2, 0.25) is 5.43 Å². The molecule has 3 heterocycles. The Balaban J connectivity index is 1.44. The summed E-state index contributed by atoms with van der Waals surface area (Å²) in [4.78, 5) is 40.1. The van der Waals surface area contributed by atoms with E-state index in [4.69, 9.17) is 4.74 Å².